The third-order valence-electron chi connectivity index (χ3n) is 3.62. The van der Waals surface area contributed by atoms with E-state index in [-0.39, 0.29) is 23.5 Å². The predicted octanol–water partition coefficient (Wildman–Crippen LogP) is 4.46. The van der Waals surface area contributed by atoms with Crippen LogP contribution in [-0.4, -0.2) is 17.2 Å². The number of rotatable bonds is 4. The second-order valence-electron chi connectivity index (χ2n) is 5.97. The topological polar surface area (TPSA) is 87.4 Å². The Kier molecular flexibility index (Phi) is 6.62. The van der Waals surface area contributed by atoms with Crippen molar-refractivity contribution < 1.29 is 27.5 Å². The zero-order chi connectivity index (χ0) is 20.0. The van der Waals surface area contributed by atoms with Crippen LogP contribution >= 0.6 is 0 Å². The number of amides is 1. The molecule has 0 aromatic heterocycles. The van der Waals surface area contributed by atoms with Gasteiger partial charge in [-0.05, 0) is 37.1 Å². The van der Waals surface area contributed by atoms with Gasteiger partial charge in [-0.1, -0.05) is 18.2 Å². The van der Waals surface area contributed by atoms with Gasteiger partial charge in [-0.2, -0.15) is 13.2 Å². The molecule has 0 aliphatic heterocycles. The van der Waals surface area contributed by atoms with Crippen LogP contribution in [0.4, 0.5) is 33.7 Å². The van der Waals surface area contributed by atoms with E-state index in [4.69, 9.17) is 10.8 Å². The van der Waals surface area contributed by atoms with Crippen molar-refractivity contribution in [3.8, 4) is 0 Å². The molecule has 0 radical (unpaired) electrons. The van der Waals surface area contributed by atoms with Crippen LogP contribution in [0.1, 0.15) is 24.0 Å². The fourth-order valence-electron chi connectivity index (χ4n) is 2.03. The van der Waals surface area contributed by atoms with E-state index in [0.29, 0.717) is 6.04 Å². The molecule has 1 amide bonds. The van der Waals surface area contributed by atoms with Crippen LogP contribution < -0.4 is 16.4 Å². The molecule has 146 valence electrons. The van der Waals surface area contributed by atoms with Gasteiger partial charge in [0.05, 0.1) is 11.3 Å². The SMILES string of the molecule is NC1CC1.O=C(O)NCc1ccc(Nc2ccccc2C(F)(F)F)cc1F. The van der Waals surface area contributed by atoms with Crippen LogP contribution in [0.5, 0.6) is 0 Å². The predicted molar refractivity (Wildman–Crippen MR) is 93.2 cm³/mol. The summed E-state index contributed by atoms with van der Waals surface area (Å²) in [5.74, 6) is -0.728. The number of carbonyl (C=O) groups is 1. The summed E-state index contributed by atoms with van der Waals surface area (Å²) < 4.78 is 52.5. The number of hydrogen-bond acceptors (Lipinski definition) is 3. The molecule has 9 heteroatoms. The molecule has 1 aliphatic carbocycles. The van der Waals surface area contributed by atoms with Crippen molar-refractivity contribution in [2.75, 3.05) is 5.32 Å². The van der Waals surface area contributed by atoms with Crippen molar-refractivity contribution >= 4 is 17.5 Å². The summed E-state index contributed by atoms with van der Waals surface area (Å²) in [6, 6.07) is 9.10. The molecule has 1 fully saturated rings. The van der Waals surface area contributed by atoms with Crippen molar-refractivity contribution in [2.45, 2.75) is 31.6 Å². The number of carboxylic acid groups (broad SMARTS) is 1. The summed E-state index contributed by atoms with van der Waals surface area (Å²) in [4.78, 5) is 10.4. The summed E-state index contributed by atoms with van der Waals surface area (Å²) in [6.45, 7) is -0.236. The average molecular weight is 385 g/mol. The van der Waals surface area contributed by atoms with Crippen LogP contribution in [0, 0.1) is 5.82 Å². The van der Waals surface area contributed by atoms with Crippen LogP contribution in [0.15, 0.2) is 42.5 Å². The lowest BCUT2D eigenvalue weighted by molar-refractivity contribution is -0.136. The molecule has 0 heterocycles. The number of anilines is 2. The first-order valence-electron chi connectivity index (χ1n) is 8.11. The van der Waals surface area contributed by atoms with Gasteiger partial charge in [0, 0.05) is 23.8 Å². The maximum Gasteiger partial charge on any atom is 0.418 e. The minimum Gasteiger partial charge on any atom is -0.465 e. The summed E-state index contributed by atoms with van der Waals surface area (Å²) >= 11 is 0. The number of nitrogens with two attached hydrogens (primary N) is 1. The summed E-state index contributed by atoms with van der Waals surface area (Å²) in [6.07, 6.45) is -3.31. The first-order valence-corrected chi connectivity index (χ1v) is 8.11. The molecule has 0 atom stereocenters. The third kappa shape index (κ3) is 6.78. The van der Waals surface area contributed by atoms with E-state index in [1.54, 1.807) is 0 Å². The lowest BCUT2D eigenvalue weighted by atomic mass is 10.1. The van der Waals surface area contributed by atoms with Crippen molar-refractivity contribution in [3.05, 3.63) is 59.4 Å². The van der Waals surface area contributed by atoms with E-state index in [0.717, 1.165) is 12.1 Å². The van der Waals surface area contributed by atoms with Crippen LogP contribution in [0.3, 0.4) is 0 Å². The highest BCUT2D eigenvalue weighted by atomic mass is 19.4. The lowest BCUT2D eigenvalue weighted by Crippen LogP contribution is -2.20. The van der Waals surface area contributed by atoms with E-state index in [1.165, 1.54) is 43.2 Å². The second kappa shape index (κ2) is 8.72. The molecular formula is C18H19F4N3O2. The molecule has 27 heavy (non-hydrogen) atoms. The molecule has 1 aliphatic rings. The first-order chi connectivity index (χ1) is 12.7. The number of hydrogen-bond donors (Lipinski definition) is 4. The zero-order valence-electron chi connectivity index (χ0n) is 14.2. The molecule has 2 aromatic rings. The van der Waals surface area contributed by atoms with Gasteiger partial charge in [0.1, 0.15) is 5.82 Å². The molecule has 1 saturated carbocycles. The third-order valence-corrected chi connectivity index (χ3v) is 3.62. The number of para-hydroxylation sites is 1. The zero-order valence-corrected chi connectivity index (χ0v) is 14.2. The van der Waals surface area contributed by atoms with Gasteiger partial charge in [0.2, 0.25) is 0 Å². The van der Waals surface area contributed by atoms with Crippen molar-refractivity contribution in [1.29, 1.82) is 0 Å². The quantitative estimate of drug-likeness (QED) is 0.585. The maximum absolute atomic E-state index is 13.8. The normalized spacial score (nSPS) is 13.4. The van der Waals surface area contributed by atoms with Gasteiger partial charge in [-0.25, -0.2) is 9.18 Å². The Bertz CT molecular complexity index is 792. The molecule has 3 rings (SSSR count). The highest BCUT2D eigenvalue weighted by molar-refractivity contribution is 5.65. The van der Waals surface area contributed by atoms with Crippen molar-refractivity contribution in [1.82, 2.24) is 5.32 Å². The maximum atomic E-state index is 13.8. The minimum absolute atomic E-state index is 0.0852. The van der Waals surface area contributed by atoms with E-state index in [2.05, 4.69) is 5.32 Å². The molecule has 5 N–H and O–H groups in total. The summed E-state index contributed by atoms with van der Waals surface area (Å²) in [5.41, 5.74) is 4.37. The molecule has 0 spiro atoms. The molecule has 2 aromatic carbocycles. The number of alkyl halides is 3. The first kappa shape index (κ1) is 20.5. The second-order valence-corrected chi connectivity index (χ2v) is 5.97. The van der Waals surface area contributed by atoms with Crippen LogP contribution in [-0.2, 0) is 12.7 Å². The van der Waals surface area contributed by atoms with Gasteiger partial charge >= 0.3 is 12.3 Å². The molecule has 0 unspecified atom stereocenters. The Morgan fingerprint density at radius 2 is 1.81 bits per heavy atom. The standard InChI is InChI=1S/C15H12F4N2O2.C3H7N/c16-12-7-10(6-5-9(12)8-20-14(22)23)21-13-4-2-1-3-11(13)15(17,18)19;4-3-1-2-3/h1-7,20-21H,8H2,(H,22,23);3H,1-2,4H2. The molecular weight excluding hydrogens is 366 g/mol. The molecule has 0 bridgehead atoms. The Labute approximate surface area is 153 Å². The fraction of sp³-hybridized carbons (Fsp3) is 0.278. The Morgan fingerprint density at radius 3 is 2.33 bits per heavy atom. The van der Waals surface area contributed by atoms with Gasteiger partial charge in [0.25, 0.3) is 0 Å². The van der Waals surface area contributed by atoms with E-state index in [9.17, 15) is 22.4 Å². The van der Waals surface area contributed by atoms with Crippen molar-refractivity contribution in [2.24, 2.45) is 5.73 Å². The fourth-order valence-corrected chi connectivity index (χ4v) is 2.03. The van der Waals surface area contributed by atoms with E-state index in [1.807, 2.05) is 5.32 Å². The smallest absolute Gasteiger partial charge is 0.418 e. The average Bonchev–Trinajstić information content (AvgIpc) is 3.36. The van der Waals surface area contributed by atoms with Crippen LogP contribution in [0.2, 0.25) is 0 Å². The Hall–Kier alpha value is -2.81. The molecule has 0 saturated heterocycles. The van der Waals surface area contributed by atoms with Crippen molar-refractivity contribution in [3.63, 3.8) is 0 Å². The monoisotopic (exact) mass is 385 g/mol. The van der Waals surface area contributed by atoms with Gasteiger partial charge in [0.15, 0.2) is 0 Å². The highest BCUT2D eigenvalue weighted by Crippen LogP contribution is 2.35. The summed E-state index contributed by atoms with van der Waals surface area (Å²) in [7, 11) is 0. The van der Waals surface area contributed by atoms with Gasteiger partial charge in [-0.15, -0.1) is 0 Å². The highest BCUT2D eigenvalue weighted by Gasteiger charge is 2.33. The van der Waals surface area contributed by atoms with E-state index < -0.39 is 23.7 Å². The molecule has 5 nitrogen and oxygen atoms in total. The van der Waals surface area contributed by atoms with Crippen LogP contribution in [0.25, 0.3) is 0 Å². The number of nitrogens with one attached hydrogen (secondary N) is 2. The Morgan fingerprint density at radius 1 is 1.19 bits per heavy atom. The van der Waals surface area contributed by atoms with E-state index >= 15 is 0 Å². The number of halogens is 4. The summed E-state index contributed by atoms with van der Waals surface area (Å²) in [5, 5.41) is 13.0. The largest absolute Gasteiger partial charge is 0.465 e. The minimum atomic E-state index is -4.53. The van der Waals surface area contributed by atoms with Gasteiger partial charge < -0.3 is 21.5 Å². The van der Waals surface area contributed by atoms with Gasteiger partial charge in [-0.3, -0.25) is 0 Å². The lowest BCUT2D eigenvalue weighted by Gasteiger charge is -2.15. The Balaban J connectivity index is 0.000000576. The number of benzene rings is 2.